The molecule has 1 N–H and O–H groups in total. The van der Waals surface area contributed by atoms with Crippen molar-refractivity contribution < 1.29 is 9.53 Å². The van der Waals surface area contributed by atoms with E-state index in [-0.39, 0.29) is 17.5 Å². The molecule has 1 aliphatic heterocycles. The van der Waals surface area contributed by atoms with Gasteiger partial charge >= 0.3 is 0 Å². The molecule has 0 atom stereocenters. The molecule has 0 spiro atoms. The zero-order valence-corrected chi connectivity index (χ0v) is 12.3. The second-order valence-corrected chi connectivity index (χ2v) is 6.27. The summed E-state index contributed by atoms with van der Waals surface area (Å²) in [5.41, 5.74) is 0.460. The SMILES string of the molecule is CC(C)n1ccc(C(=O)NC2(C3CC3)CCOCC2)n1. The molecule has 0 unspecified atom stereocenters. The van der Waals surface area contributed by atoms with Crippen molar-refractivity contribution >= 4 is 5.91 Å². The van der Waals surface area contributed by atoms with Crippen molar-refractivity contribution in [3.8, 4) is 0 Å². The highest BCUT2D eigenvalue weighted by Gasteiger charge is 2.47. The molecular weight excluding hydrogens is 254 g/mol. The van der Waals surface area contributed by atoms with Crippen molar-refractivity contribution in [2.75, 3.05) is 13.2 Å². The van der Waals surface area contributed by atoms with Gasteiger partial charge in [-0.15, -0.1) is 0 Å². The van der Waals surface area contributed by atoms with Gasteiger partial charge in [0.25, 0.3) is 5.91 Å². The van der Waals surface area contributed by atoms with Crippen LogP contribution >= 0.6 is 0 Å². The minimum absolute atomic E-state index is 0.0433. The van der Waals surface area contributed by atoms with Crippen LogP contribution in [0.1, 0.15) is 56.1 Å². The summed E-state index contributed by atoms with van der Waals surface area (Å²) in [5.74, 6) is 0.584. The lowest BCUT2D eigenvalue weighted by Gasteiger charge is -2.38. The third-order valence-electron chi connectivity index (χ3n) is 4.48. The monoisotopic (exact) mass is 277 g/mol. The maximum absolute atomic E-state index is 12.5. The summed E-state index contributed by atoms with van der Waals surface area (Å²) in [6, 6.07) is 2.08. The molecule has 3 rings (SSSR count). The summed E-state index contributed by atoms with van der Waals surface area (Å²) in [4.78, 5) is 12.5. The van der Waals surface area contributed by atoms with Gasteiger partial charge in [0.1, 0.15) is 5.69 Å². The third-order valence-corrected chi connectivity index (χ3v) is 4.48. The molecule has 110 valence electrons. The first-order valence-electron chi connectivity index (χ1n) is 7.56. The van der Waals surface area contributed by atoms with Crippen LogP contribution in [-0.2, 0) is 4.74 Å². The Bertz CT molecular complexity index is 485. The summed E-state index contributed by atoms with van der Waals surface area (Å²) in [7, 11) is 0. The molecule has 1 amide bonds. The molecule has 1 aromatic rings. The molecule has 2 heterocycles. The van der Waals surface area contributed by atoms with Gasteiger partial charge in [0, 0.05) is 31.0 Å². The summed E-state index contributed by atoms with van der Waals surface area (Å²) >= 11 is 0. The standard InChI is InChI=1S/C15H23N3O2/c1-11(2)18-8-5-13(17-18)14(19)16-15(12-3-4-12)6-9-20-10-7-15/h5,8,11-12H,3-4,6-7,9-10H2,1-2H3,(H,16,19). The van der Waals surface area contributed by atoms with E-state index in [9.17, 15) is 4.79 Å². The van der Waals surface area contributed by atoms with Crippen molar-refractivity contribution in [2.45, 2.75) is 51.1 Å². The summed E-state index contributed by atoms with van der Waals surface area (Å²) in [6.07, 6.45) is 6.16. The maximum atomic E-state index is 12.5. The van der Waals surface area contributed by atoms with E-state index in [1.807, 2.05) is 10.9 Å². The van der Waals surface area contributed by atoms with Gasteiger partial charge in [-0.05, 0) is 51.5 Å². The minimum atomic E-state index is -0.0586. The van der Waals surface area contributed by atoms with E-state index in [1.54, 1.807) is 6.07 Å². The topological polar surface area (TPSA) is 56.2 Å². The Morgan fingerprint density at radius 1 is 1.45 bits per heavy atom. The number of aromatic nitrogens is 2. The van der Waals surface area contributed by atoms with Gasteiger partial charge in [-0.3, -0.25) is 9.48 Å². The van der Waals surface area contributed by atoms with Gasteiger partial charge in [-0.2, -0.15) is 5.10 Å². The molecule has 5 heteroatoms. The number of amides is 1. The van der Waals surface area contributed by atoms with E-state index < -0.39 is 0 Å². The minimum Gasteiger partial charge on any atom is -0.381 e. The Balaban J connectivity index is 1.72. The zero-order valence-electron chi connectivity index (χ0n) is 12.3. The van der Waals surface area contributed by atoms with E-state index in [0.717, 1.165) is 26.1 Å². The maximum Gasteiger partial charge on any atom is 0.272 e. The fourth-order valence-corrected chi connectivity index (χ4v) is 3.04. The molecule has 2 fully saturated rings. The second kappa shape index (κ2) is 5.20. The van der Waals surface area contributed by atoms with Crippen LogP contribution in [0.5, 0.6) is 0 Å². The summed E-state index contributed by atoms with van der Waals surface area (Å²) in [6.45, 7) is 5.60. The fourth-order valence-electron chi connectivity index (χ4n) is 3.04. The molecule has 0 bridgehead atoms. The molecule has 0 aromatic carbocycles. The van der Waals surface area contributed by atoms with Crippen LogP contribution in [0.25, 0.3) is 0 Å². The van der Waals surface area contributed by atoms with Crippen LogP contribution in [0.3, 0.4) is 0 Å². The van der Waals surface area contributed by atoms with Gasteiger partial charge in [0.05, 0.1) is 0 Å². The van der Waals surface area contributed by atoms with Gasteiger partial charge in [0.15, 0.2) is 0 Å². The quantitative estimate of drug-likeness (QED) is 0.917. The number of carbonyl (C=O) groups excluding carboxylic acids is 1. The van der Waals surface area contributed by atoms with Gasteiger partial charge in [0.2, 0.25) is 0 Å². The van der Waals surface area contributed by atoms with E-state index >= 15 is 0 Å². The lowest BCUT2D eigenvalue weighted by atomic mass is 9.84. The number of nitrogens with zero attached hydrogens (tertiary/aromatic N) is 2. The molecule has 0 radical (unpaired) electrons. The average Bonchev–Trinajstić information content (AvgIpc) is 3.17. The first kappa shape index (κ1) is 13.6. The Morgan fingerprint density at radius 3 is 2.70 bits per heavy atom. The number of ether oxygens (including phenoxy) is 1. The zero-order chi connectivity index (χ0) is 14.2. The molecule has 2 aliphatic rings. The number of hydrogen-bond acceptors (Lipinski definition) is 3. The second-order valence-electron chi connectivity index (χ2n) is 6.27. The van der Waals surface area contributed by atoms with Crippen LogP contribution in [0.4, 0.5) is 0 Å². The molecule has 20 heavy (non-hydrogen) atoms. The van der Waals surface area contributed by atoms with Crippen LogP contribution in [-0.4, -0.2) is 34.4 Å². The number of hydrogen-bond donors (Lipinski definition) is 1. The van der Waals surface area contributed by atoms with Crippen LogP contribution in [0, 0.1) is 5.92 Å². The Kier molecular flexibility index (Phi) is 3.54. The molecule has 1 aromatic heterocycles. The predicted octanol–water partition coefficient (Wildman–Crippen LogP) is 2.15. The third kappa shape index (κ3) is 2.59. The highest BCUT2D eigenvalue weighted by atomic mass is 16.5. The van der Waals surface area contributed by atoms with Crippen LogP contribution in [0.2, 0.25) is 0 Å². The fraction of sp³-hybridized carbons (Fsp3) is 0.733. The number of carbonyl (C=O) groups is 1. The molecule has 1 saturated carbocycles. The van der Waals surface area contributed by atoms with E-state index in [4.69, 9.17) is 4.74 Å². The van der Waals surface area contributed by atoms with Gasteiger partial charge in [-0.25, -0.2) is 0 Å². The number of rotatable bonds is 4. The smallest absolute Gasteiger partial charge is 0.272 e. The van der Waals surface area contributed by atoms with E-state index in [0.29, 0.717) is 11.6 Å². The molecule has 5 nitrogen and oxygen atoms in total. The predicted molar refractivity (Wildman–Crippen MR) is 75.6 cm³/mol. The first-order chi connectivity index (χ1) is 9.61. The van der Waals surface area contributed by atoms with Crippen molar-refractivity contribution in [1.82, 2.24) is 15.1 Å². The molecule has 1 aliphatic carbocycles. The Hall–Kier alpha value is -1.36. The first-order valence-corrected chi connectivity index (χ1v) is 7.56. The van der Waals surface area contributed by atoms with Crippen molar-refractivity contribution in [3.05, 3.63) is 18.0 Å². The highest BCUT2D eigenvalue weighted by Crippen LogP contribution is 2.44. The lowest BCUT2D eigenvalue weighted by molar-refractivity contribution is 0.0275. The van der Waals surface area contributed by atoms with Crippen molar-refractivity contribution in [1.29, 1.82) is 0 Å². The molecule has 1 saturated heterocycles. The van der Waals surface area contributed by atoms with Crippen molar-refractivity contribution in [2.24, 2.45) is 5.92 Å². The Morgan fingerprint density at radius 2 is 2.15 bits per heavy atom. The molecular formula is C15H23N3O2. The lowest BCUT2D eigenvalue weighted by Crippen LogP contribution is -2.53. The number of nitrogens with one attached hydrogen (secondary N) is 1. The summed E-state index contributed by atoms with van der Waals surface area (Å²) in [5, 5.41) is 7.63. The van der Waals surface area contributed by atoms with E-state index in [2.05, 4.69) is 24.3 Å². The Labute approximate surface area is 119 Å². The summed E-state index contributed by atoms with van der Waals surface area (Å²) < 4.78 is 7.28. The van der Waals surface area contributed by atoms with E-state index in [1.165, 1.54) is 12.8 Å². The highest BCUT2D eigenvalue weighted by molar-refractivity contribution is 5.92. The van der Waals surface area contributed by atoms with Crippen LogP contribution < -0.4 is 5.32 Å². The average molecular weight is 277 g/mol. The van der Waals surface area contributed by atoms with Crippen LogP contribution in [0.15, 0.2) is 12.3 Å². The largest absolute Gasteiger partial charge is 0.381 e. The van der Waals surface area contributed by atoms with Crippen molar-refractivity contribution in [3.63, 3.8) is 0 Å². The van der Waals surface area contributed by atoms with Gasteiger partial charge in [-0.1, -0.05) is 0 Å². The van der Waals surface area contributed by atoms with Gasteiger partial charge < -0.3 is 10.1 Å². The normalized spacial score (nSPS) is 21.9.